The van der Waals surface area contributed by atoms with Crippen molar-refractivity contribution in [2.45, 2.75) is 32.9 Å². The quantitative estimate of drug-likeness (QED) is 0.735. The molecule has 0 saturated carbocycles. The summed E-state index contributed by atoms with van der Waals surface area (Å²) in [7, 11) is 0. The third-order valence-corrected chi connectivity index (χ3v) is 2.15. The number of carboxylic acid groups (broad SMARTS) is 1. The van der Waals surface area contributed by atoms with E-state index < -0.39 is 17.8 Å². The summed E-state index contributed by atoms with van der Waals surface area (Å²) in [6.07, 6.45) is -1.47. The van der Waals surface area contributed by atoms with Gasteiger partial charge in [0.15, 0.2) is 0 Å². The molecule has 2 N–H and O–H groups in total. The lowest BCUT2D eigenvalue weighted by molar-refractivity contribution is -0.139. The van der Waals surface area contributed by atoms with Gasteiger partial charge >= 0.3 is 11.7 Å². The Bertz CT molecular complexity index is 453. The Kier molecular flexibility index (Phi) is 3.78. The van der Waals surface area contributed by atoms with Gasteiger partial charge in [-0.3, -0.25) is 9.36 Å². The van der Waals surface area contributed by atoms with Crippen LogP contribution in [0.5, 0.6) is 0 Å². The van der Waals surface area contributed by atoms with Crippen molar-refractivity contribution in [3.63, 3.8) is 0 Å². The van der Waals surface area contributed by atoms with Crippen LogP contribution in [0.25, 0.3) is 0 Å². The lowest BCUT2D eigenvalue weighted by Gasteiger charge is -2.13. The number of hydrogen-bond donors (Lipinski definition) is 2. The standard InChI is InChI=1S/C10H14N2O4/c1-6-3-7(2)12(10(16)11-6)5-8(13)4-9(14)15/h3,8,13H,4-5H2,1-2H3,(H,14,15). The topological polar surface area (TPSA) is 92.4 Å². The van der Waals surface area contributed by atoms with Gasteiger partial charge < -0.3 is 10.2 Å². The van der Waals surface area contributed by atoms with Crippen molar-refractivity contribution < 1.29 is 15.0 Å². The van der Waals surface area contributed by atoms with Gasteiger partial charge in [0, 0.05) is 11.4 Å². The summed E-state index contributed by atoms with van der Waals surface area (Å²) in [5.74, 6) is -1.10. The maximum atomic E-state index is 11.5. The van der Waals surface area contributed by atoms with Crippen LogP contribution < -0.4 is 5.69 Å². The molecule has 6 heteroatoms. The zero-order valence-electron chi connectivity index (χ0n) is 9.17. The number of aliphatic hydroxyl groups is 1. The molecule has 0 spiro atoms. The Morgan fingerprint density at radius 2 is 2.19 bits per heavy atom. The van der Waals surface area contributed by atoms with Crippen LogP contribution in [0.1, 0.15) is 17.8 Å². The highest BCUT2D eigenvalue weighted by atomic mass is 16.4. The first-order valence-corrected chi connectivity index (χ1v) is 4.85. The van der Waals surface area contributed by atoms with Gasteiger partial charge in [0.1, 0.15) is 0 Å². The van der Waals surface area contributed by atoms with Crippen molar-refractivity contribution in [3.05, 3.63) is 27.9 Å². The van der Waals surface area contributed by atoms with E-state index >= 15 is 0 Å². The summed E-state index contributed by atoms with van der Waals surface area (Å²) < 4.78 is 1.26. The number of aliphatic hydroxyl groups excluding tert-OH is 1. The summed E-state index contributed by atoms with van der Waals surface area (Å²) >= 11 is 0. The number of aryl methyl sites for hydroxylation is 2. The first kappa shape index (κ1) is 12.4. The molecule has 1 aromatic rings. The molecule has 88 valence electrons. The zero-order chi connectivity index (χ0) is 12.3. The fourth-order valence-corrected chi connectivity index (χ4v) is 1.47. The summed E-state index contributed by atoms with van der Waals surface area (Å²) in [5, 5.41) is 17.9. The maximum Gasteiger partial charge on any atom is 0.348 e. The van der Waals surface area contributed by atoms with Gasteiger partial charge in [-0.25, -0.2) is 4.79 Å². The summed E-state index contributed by atoms with van der Waals surface area (Å²) in [5.41, 5.74) is 0.787. The van der Waals surface area contributed by atoms with Gasteiger partial charge in [0.05, 0.1) is 19.1 Å². The Morgan fingerprint density at radius 3 is 2.69 bits per heavy atom. The molecule has 0 aromatic carbocycles. The maximum absolute atomic E-state index is 11.5. The average molecular weight is 226 g/mol. The minimum absolute atomic E-state index is 0.0513. The van der Waals surface area contributed by atoms with Crippen LogP contribution in [-0.2, 0) is 11.3 Å². The fraction of sp³-hybridized carbons (Fsp3) is 0.500. The van der Waals surface area contributed by atoms with E-state index in [1.807, 2.05) is 0 Å². The second-order valence-corrected chi connectivity index (χ2v) is 3.68. The zero-order valence-corrected chi connectivity index (χ0v) is 9.17. The molecule has 6 nitrogen and oxygen atoms in total. The molecular weight excluding hydrogens is 212 g/mol. The number of carbonyl (C=O) groups is 1. The second kappa shape index (κ2) is 4.89. The van der Waals surface area contributed by atoms with Crippen molar-refractivity contribution in [1.29, 1.82) is 0 Å². The fourth-order valence-electron chi connectivity index (χ4n) is 1.47. The van der Waals surface area contributed by atoms with Crippen LogP contribution >= 0.6 is 0 Å². The summed E-state index contributed by atoms with van der Waals surface area (Å²) in [6, 6.07) is 1.70. The molecule has 1 rings (SSSR count). The van der Waals surface area contributed by atoms with E-state index in [0.29, 0.717) is 11.4 Å². The minimum atomic E-state index is -1.10. The molecule has 0 aliphatic carbocycles. The highest BCUT2D eigenvalue weighted by Crippen LogP contribution is 2.00. The number of rotatable bonds is 4. The van der Waals surface area contributed by atoms with Crippen LogP contribution in [0, 0.1) is 13.8 Å². The number of aromatic nitrogens is 2. The number of hydrogen-bond acceptors (Lipinski definition) is 4. The summed E-state index contributed by atoms with van der Waals surface area (Å²) in [4.78, 5) is 25.6. The van der Waals surface area contributed by atoms with Crippen molar-refractivity contribution in [1.82, 2.24) is 9.55 Å². The number of nitrogens with zero attached hydrogens (tertiary/aromatic N) is 2. The SMILES string of the molecule is Cc1cc(C)n(CC(O)CC(=O)O)c(=O)n1. The van der Waals surface area contributed by atoms with Gasteiger partial charge in [-0.15, -0.1) is 0 Å². The van der Waals surface area contributed by atoms with Crippen LogP contribution in [0.15, 0.2) is 10.9 Å². The van der Waals surface area contributed by atoms with Crippen LogP contribution in [0.4, 0.5) is 0 Å². The molecular formula is C10H14N2O4. The predicted octanol–water partition coefficient (Wildman–Crippen LogP) is -0.304. The first-order valence-electron chi connectivity index (χ1n) is 4.85. The molecule has 0 amide bonds. The van der Waals surface area contributed by atoms with Gasteiger partial charge in [0.2, 0.25) is 0 Å². The minimum Gasteiger partial charge on any atom is -0.481 e. The van der Waals surface area contributed by atoms with Crippen molar-refractivity contribution in [2.75, 3.05) is 0 Å². The van der Waals surface area contributed by atoms with Crippen LogP contribution in [-0.4, -0.2) is 31.8 Å². The summed E-state index contributed by atoms with van der Waals surface area (Å²) in [6.45, 7) is 3.36. The lowest BCUT2D eigenvalue weighted by atomic mass is 10.2. The highest BCUT2D eigenvalue weighted by Gasteiger charge is 2.12. The first-order chi connectivity index (χ1) is 7.40. The second-order valence-electron chi connectivity index (χ2n) is 3.68. The normalized spacial score (nSPS) is 12.4. The molecule has 1 aromatic heterocycles. The molecule has 0 aliphatic heterocycles. The molecule has 1 unspecified atom stereocenters. The van der Waals surface area contributed by atoms with Gasteiger partial charge in [-0.2, -0.15) is 4.98 Å². The van der Waals surface area contributed by atoms with E-state index in [4.69, 9.17) is 5.11 Å². The molecule has 1 heterocycles. The van der Waals surface area contributed by atoms with E-state index in [1.54, 1.807) is 19.9 Å². The Hall–Kier alpha value is -1.69. The highest BCUT2D eigenvalue weighted by molar-refractivity contribution is 5.67. The van der Waals surface area contributed by atoms with Crippen molar-refractivity contribution >= 4 is 5.97 Å². The molecule has 16 heavy (non-hydrogen) atoms. The molecule has 0 radical (unpaired) electrons. The van der Waals surface area contributed by atoms with E-state index in [0.717, 1.165) is 0 Å². The third kappa shape index (κ3) is 3.16. The van der Waals surface area contributed by atoms with E-state index in [2.05, 4.69) is 4.98 Å². The Morgan fingerprint density at radius 1 is 1.56 bits per heavy atom. The largest absolute Gasteiger partial charge is 0.481 e. The number of aliphatic carboxylic acids is 1. The van der Waals surface area contributed by atoms with Crippen molar-refractivity contribution in [3.8, 4) is 0 Å². The van der Waals surface area contributed by atoms with Crippen LogP contribution in [0.3, 0.4) is 0 Å². The van der Waals surface area contributed by atoms with Crippen LogP contribution in [0.2, 0.25) is 0 Å². The third-order valence-electron chi connectivity index (χ3n) is 2.15. The monoisotopic (exact) mass is 226 g/mol. The molecule has 0 saturated heterocycles. The lowest BCUT2D eigenvalue weighted by Crippen LogP contribution is -2.31. The Balaban J connectivity index is 2.89. The predicted molar refractivity (Wildman–Crippen MR) is 56.2 cm³/mol. The van der Waals surface area contributed by atoms with E-state index in [9.17, 15) is 14.7 Å². The molecule has 0 aliphatic rings. The van der Waals surface area contributed by atoms with E-state index in [-0.39, 0.29) is 13.0 Å². The Labute approximate surface area is 92.2 Å². The molecule has 1 atom stereocenters. The van der Waals surface area contributed by atoms with Gasteiger partial charge in [0.25, 0.3) is 0 Å². The smallest absolute Gasteiger partial charge is 0.348 e. The van der Waals surface area contributed by atoms with Gasteiger partial charge in [-0.05, 0) is 19.9 Å². The van der Waals surface area contributed by atoms with E-state index in [1.165, 1.54) is 4.57 Å². The average Bonchev–Trinajstić information content (AvgIpc) is 2.09. The molecule has 0 bridgehead atoms. The number of carboxylic acids is 1. The van der Waals surface area contributed by atoms with Gasteiger partial charge in [-0.1, -0.05) is 0 Å². The van der Waals surface area contributed by atoms with Crippen molar-refractivity contribution in [2.24, 2.45) is 0 Å². The molecule has 0 fully saturated rings.